The van der Waals surface area contributed by atoms with Gasteiger partial charge in [-0.1, -0.05) is 31.5 Å². The Morgan fingerprint density at radius 3 is 2.75 bits per heavy atom. The highest BCUT2D eigenvalue weighted by Gasteiger charge is 2.16. The van der Waals surface area contributed by atoms with Crippen molar-refractivity contribution in [3.8, 4) is 0 Å². The van der Waals surface area contributed by atoms with Crippen molar-refractivity contribution in [2.45, 2.75) is 26.3 Å². The molecule has 3 rings (SSSR count). The largest absolute Gasteiger partial charge is 0.344 e. The Morgan fingerprint density at radius 1 is 1.25 bits per heavy atom. The highest BCUT2D eigenvalue weighted by Crippen LogP contribution is 2.24. The lowest BCUT2D eigenvalue weighted by molar-refractivity contribution is -0.130. The second-order valence-electron chi connectivity index (χ2n) is 6.11. The second-order valence-corrected chi connectivity index (χ2v) is 6.11. The molecule has 6 heteroatoms. The molecular weight excluding hydrogens is 304 g/mol. The van der Waals surface area contributed by atoms with E-state index in [1.165, 1.54) is 4.68 Å². The van der Waals surface area contributed by atoms with E-state index < -0.39 is 0 Å². The van der Waals surface area contributed by atoms with Crippen molar-refractivity contribution < 1.29 is 4.79 Å². The van der Waals surface area contributed by atoms with Gasteiger partial charge in [0.1, 0.15) is 12.1 Å². The molecule has 0 N–H and O–H groups in total. The van der Waals surface area contributed by atoms with E-state index in [0.717, 1.165) is 29.1 Å². The van der Waals surface area contributed by atoms with Gasteiger partial charge in [0, 0.05) is 36.9 Å². The summed E-state index contributed by atoms with van der Waals surface area (Å²) in [7, 11) is 3.63. The first-order valence-electron chi connectivity index (χ1n) is 8.21. The van der Waals surface area contributed by atoms with E-state index in [0.29, 0.717) is 12.1 Å². The van der Waals surface area contributed by atoms with Crippen LogP contribution in [0.25, 0.3) is 21.8 Å². The van der Waals surface area contributed by atoms with Crippen LogP contribution in [0.15, 0.2) is 35.3 Å². The Hall–Kier alpha value is -2.63. The van der Waals surface area contributed by atoms with E-state index >= 15 is 0 Å². The van der Waals surface area contributed by atoms with Crippen LogP contribution in [-0.2, 0) is 18.4 Å². The van der Waals surface area contributed by atoms with Crippen LogP contribution in [0.5, 0.6) is 0 Å². The van der Waals surface area contributed by atoms with Crippen LogP contribution in [-0.4, -0.2) is 38.7 Å². The van der Waals surface area contributed by atoms with E-state index in [1.807, 2.05) is 35.9 Å². The number of benzene rings is 1. The fourth-order valence-electron chi connectivity index (χ4n) is 3.00. The van der Waals surface area contributed by atoms with E-state index in [9.17, 15) is 9.59 Å². The monoisotopic (exact) mass is 326 g/mol. The molecule has 0 fully saturated rings. The molecule has 0 atom stereocenters. The van der Waals surface area contributed by atoms with Crippen molar-refractivity contribution in [2.75, 3.05) is 13.6 Å². The number of likely N-dealkylation sites (N-methyl/N-ethyl adjacent to an activating group) is 1. The first-order chi connectivity index (χ1) is 11.5. The van der Waals surface area contributed by atoms with Crippen LogP contribution in [0.2, 0.25) is 0 Å². The van der Waals surface area contributed by atoms with Crippen LogP contribution in [0.1, 0.15) is 19.8 Å². The normalized spacial score (nSPS) is 11.3. The zero-order valence-corrected chi connectivity index (χ0v) is 14.3. The number of nitrogens with zero attached hydrogens (tertiary/aromatic N) is 4. The minimum Gasteiger partial charge on any atom is -0.344 e. The molecule has 24 heavy (non-hydrogen) atoms. The highest BCUT2D eigenvalue weighted by molar-refractivity contribution is 6.07. The smallest absolute Gasteiger partial charge is 0.291 e. The van der Waals surface area contributed by atoms with Crippen molar-refractivity contribution in [3.63, 3.8) is 0 Å². The van der Waals surface area contributed by atoms with E-state index in [-0.39, 0.29) is 18.0 Å². The summed E-state index contributed by atoms with van der Waals surface area (Å²) in [6.45, 7) is 2.75. The van der Waals surface area contributed by atoms with Crippen LogP contribution < -0.4 is 5.56 Å². The molecule has 1 amide bonds. The van der Waals surface area contributed by atoms with E-state index in [1.54, 1.807) is 18.1 Å². The van der Waals surface area contributed by atoms with Gasteiger partial charge in [0.05, 0.1) is 6.20 Å². The summed E-state index contributed by atoms with van der Waals surface area (Å²) in [5.41, 5.74) is 1.33. The number of hydrogen-bond acceptors (Lipinski definition) is 3. The summed E-state index contributed by atoms with van der Waals surface area (Å²) in [6, 6.07) is 7.84. The fourth-order valence-corrected chi connectivity index (χ4v) is 3.00. The lowest BCUT2D eigenvalue weighted by Gasteiger charge is -2.16. The molecule has 1 aromatic carbocycles. The maximum atomic E-state index is 12.8. The first kappa shape index (κ1) is 16.2. The number of carbonyl (C=O) groups is 1. The summed E-state index contributed by atoms with van der Waals surface area (Å²) in [6.07, 6.45) is 3.66. The third-order valence-electron chi connectivity index (χ3n) is 4.47. The van der Waals surface area contributed by atoms with Gasteiger partial charge in [-0.25, -0.2) is 4.68 Å². The molecule has 6 nitrogen and oxygen atoms in total. The number of para-hydroxylation sites is 1. The third-order valence-corrected chi connectivity index (χ3v) is 4.47. The van der Waals surface area contributed by atoms with Gasteiger partial charge >= 0.3 is 0 Å². The van der Waals surface area contributed by atoms with E-state index in [4.69, 9.17) is 0 Å². The average molecular weight is 326 g/mol. The molecule has 0 radical (unpaired) electrons. The average Bonchev–Trinajstić information content (AvgIpc) is 2.88. The van der Waals surface area contributed by atoms with Gasteiger partial charge in [0.2, 0.25) is 5.91 Å². The Kier molecular flexibility index (Phi) is 4.38. The summed E-state index contributed by atoms with van der Waals surface area (Å²) < 4.78 is 3.13. The quantitative estimate of drug-likeness (QED) is 0.722. The predicted octanol–water partition coefficient (Wildman–Crippen LogP) is 2.15. The van der Waals surface area contributed by atoms with Crippen LogP contribution >= 0.6 is 0 Å². The molecule has 0 aliphatic carbocycles. The first-order valence-corrected chi connectivity index (χ1v) is 8.21. The molecule has 0 bridgehead atoms. The van der Waals surface area contributed by atoms with E-state index in [2.05, 4.69) is 12.0 Å². The summed E-state index contributed by atoms with van der Waals surface area (Å²) in [4.78, 5) is 26.7. The van der Waals surface area contributed by atoms with Gasteiger partial charge in [0.25, 0.3) is 5.56 Å². The van der Waals surface area contributed by atoms with Crippen LogP contribution in [0, 0.1) is 0 Å². The standard InChI is InChI=1S/C18H22N4O2/c1-4-5-10-20(2)16(23)12-22-18(24)17-14(11-19-22)13-8-6-7-9-15(13)21(17)3/h6-9,11H,4-5,10,12H2,1-3H3. The third kappa shape index (κ3) is 2.68. The van der Waals surface area contributed by atoms with Crippen LogP contribution in [0.3, 0.4) is 0 Å². The topological polar surface area (TPSA) is 60.1 Å². The van der Waals surface area contributed by atoms with Gasteiger partial charge in [-0.3, -0.25) is 9.59 Å². The maximum absolute atomic E-state index is 12.8. The molecule has 0 saturated heterocycles. The van der Waals surface area contributed by atoms with Gasteiger partial charge in [-0.05, 0) is 12.5 Å². The lowest BCUT2D eigenvalue weighted by atomic mass is 10.2. The number of unbranched alkanes of at least 4 members (excludes halogenated alkanes) is 1. The minimum atomic E-state index is -0.233. The van der Waals surface area contributed by atoms with Crippen molar-refractivity contribution in [3.05, 3.63) is 40.8 Å². The van der Waals surface area contributed by atoms with Gasteiger partial charge in [-0.2, -0.15) is 5.10 Å². The SMILES string of the molecule is CCCCN(C)C(=O)Cn1ncc2c3ccccc3n(C)c2c1=O. The molecular formula is C18H22N4O2. The van der Waals surface area contributed by atoms with Crippen molar-refractivity contribution in [2.24, 2.45) is 7.05 Å². The molecule has 0 saturated carbocycles. The van der Waals surface area contributed by atoms with Crippen molar-refractivity contribution >= 4 is 27.7 Å². The molecule has 3 aromatic rings. The number of aryl methyl sites for hydroxylation is 1. The predicted molar refractivity (Wildman–Crippen MR) is 95.0 cm³/mol. The molecule has 0 spiro atoms. The molecule has 2 aromatic heterocycles. The van der Waals surface area contributed by atoms with Crippen LogP contribution in [0.4, 0.5) is 0 Å². The number of hydrogen-bond donors (Lipinski definition) is 0. The highest BCUT2D eigenvalue weighted by atomic mass is 16.2. The minimum absolute atomic E-state index is 0.0312. The van der Waals surface area contributed by atoms with Gasteiger partial charge < -0.3 is 9.47 Å². The number of amides is 1. The Labute approximate surface area is 140 Å². The summed E-state index contributed by atoms with van der Waals surface area (Å²) in [5.74, 6) is -0.101. The molecule has 126 valence electrons. The molecule has 2 heterocycles. The Bertz CT molecular complexity index is 955. The van der Waals surface area contributed by atoms with Crippen molar-refractivity contribution in [1.29, 1.82) is 0 Å². The second kappa shape index (κ2) is 6.47. The van der Waals surface area contributed by atoms with Crippen molar-refractivity contribution in [1.82, 2.24) is 19.2 Å². The molecule has 0 aliphatic heterocycles. The summed E-state index contributed by atoms with van der Waals surface area (Å²) in [5, 5.41) is 6.03. The lowest BCUT2D eigenvalue weighted by Crippen LogP contribution is -2.35. The zero-order chi connectivity index (χ0) is 17.3. The Balaban J connectivity index is 2.00. The fraction of sp³-hybridized carbons (Fsp3) is 0.389. The maximum Gasteiger partial charge on any atom is 0.291 e. The zero-order valence-electron chi connectivity index (χ0n) is 14.3. The number of aromatic nitrogens is 3. The molecule has 0 aliphatic rings. The number of rotatable bonds is 5. The summed E-state index contributed by atoms with van der Waals surface area (Å²) >= 11 is 0. The molecule has 0 unspecified atom stereocenters. The van der Waals surface area contributed by atoms with Gasteiger partial charge in [-0.15, -0.1) is 0 Å². The number of carbonyl (C=O) groups excluding carboxylic acids is 1. The number of fused-ring (bicyclic) bond motifs is 3. The van der Waals surface area contributed by atoms with Gasteiger partial charge in [0.15, 0.2) is 0 Å². The Morgan fingerprint density at radius 2 is 2.00 bits per heavy atom.